The van der Waals surface area contributed by atoms with E-state index in [9.17, 15) is 25.2 Å². The molecule has 11 nitrogen and oxygen atoms in total. The zero-order valence-corrected chi connectivity index (χ0v) is 18.0. The van der Waals surface area contributed by atoms with E-state index in [1.54, 1.807) is 6.07 Å². The van der Waals surface area contributed by atoms with Crippen molar-refractivity contribution in [3.63, 3.8) is 0 Å². The summed E-state index contributed by atoms with van der Waals surface area (Å²) in [4.78, 5) is 13.4. The number of hydrogen-bond acceptors (Lipinski definition) is 11. The highest BCUT2D eigenvalue weighted by Crippen LogP contribution is 2.39. The lowest BCUT2D eigenvalue weighted by Crippen LogP contribution is -2.60. The van der Waals surface area contributed by atoms with Crippen LogP contribution in [-0.2, 0) is 4.74 Å². The second-order valence-corrected chi connectivity index (χ2v) is 7.42. The van der Waals surface area contributed by atoms with Gasteiger partial charge in [-0.15, -0.1) is 0 Å². The third-order valence-electron chi connectivity index (χ3n) is 5.55. The van der Waals surface area contributed by atoms with Crippen molar-refractivity contribution in [1.29, 1.82) is 0 Å². The van der Waals surface area contributed by atoms with Crippen LogP contribution in [0.25, 0.3) is 21.9 Å². The minimum atomic E-state index is -1.67. The van der Waals surface area contributed by atoms with Crippen molar-refractivity contribution in [1.82, 2.24) is 0 Å². The molecule has 1 aliphatic rings. The van der Waals surface area contributed by atoms with Gasteiger partial charge in [0, 0.05) is 12.1 Å². The van der Waals surface area contributed by atoms with Crippen LogP contribution in [-0.4, -0.2) is 79.1 Å². The zero-order chi connectivity index (χ0) is 23.9. The maximum absolute atomic E-state index is 13.4. The maximum atomic E-state index is 13.4. The molecule has 11 heteroatoms. The Labute approximate surface area is 187 Å². The molecule has 5 atom stereocenters. The highest BCUT2D eigenvalue weighted by atomic mass is 16.7. The lowest BCUT2D eigenvalue weighted by atomic mass is 9.99. The Kier molecular flexibility index (Phi) is 6.32. The van der Waals surface area contributed by atoms with Gasteiger partial charge in [-0.3, -0.25) is 4.79 Å². The van der Waals surface area contributed by atoms with E-state index in [1.807, 2.05) is 0 Å². The topological polar surface area (TPSA) is 157 Å². The van der Waals surface area contributed by atoms with Crippen LogP contribution in [0.4, 0.5) is 0 Å². The Hall–Kier alpha value is -3.09. The molecule has 0 spiro atoms. The number of fused-ring (bicyclic) bond motifs is 2. The zero-order valence-electron chi connectivity index (χ0n) is 18.0. The minimum Gasteiger partial charge on any atom is -0.496 e. The van der Waals surface area contributed by atoms with Crippen LogP contribution in [0.1, 0.15) is 0 Å². The van der Waals surface area contributed by atoms with Crippen LogP contribution < -0.4 is 24.4 Å². The van der Waals surface area contributed by atoms with Crippen molar-refractivity contribution < 1.29 is 48.5 Å². The molecule has 1 aliphatic heterocycles. The normalized spacial score (nSPS) is 25.2. The van der Waals surface area contributed by atoms with Crippen LogP contribution in [0.15, 0.2) is 33.5 Å². The molecule has 0 amide bonds. The molecule has 3 aromatic rings. The summed E-state index contributed by atoms with van der Waals surface area (Å²) in [5.74, 6) is 0.812. The average molecular weight is 464 g/mol. The third kappa shape index (κ3) is 3.83. The molecule has 0 bridgehead atoms. The molecule has 4 rings (SSSR count). The smallest absolute Gasteiger partial charge is 0.229 e. The molecule has 5 unspecified atom stereocenters. The summed E-state index contributed by atoms with van der Waals surface area (Å²) in [7, 11) is 4.28. The van der Waals surface area contributed by atoms with E-state index in [4.69, 9.17) is 28.1 Å². The van der Waals surface area contributed by atoms with Crippen LogP contribution in [0.3, 0.4) is 0 Å². The van der Waals surface area contributed by atoms with Crippen molar-refractivity contribution >= 4 is 21.9 Å². The summed E-state index contributed by atoms with van der Waals surface area (Å²) >= 11 is 0. The van der Waals surface area contributed by atoms with Gasteiger partial charge in [0.1, 0.15) is 46.9 Å². The highest BCUT2D eigenvalue weighted by molar-refractivity contribution is 5.96. The highest BCUT2D eigenvalue weighted by Gasteiger charge is 2.45. The standard InChI is InChI=1S/C22H24O11/c1-28-9-6-12-15(16(24)10-4-5-11(29-2)21(30-3)20(10)31-12)13(7-9)32-22-19(27)18(26)17(25)14(8-23)33-22/h4-7,14,17-19,22-23,25-27H,8H2,1-3H3. The average Bonchev–Trinajstić information content (AvgIpc) is 2.83. The fraction of sp³-hybridized carbons (Fsp3) is 0.409. The maximum Gasteiger partial charge on any atom is 0.229 e. The van der Waals surface area contributed by atoms with Gasteiger partial charge < -0.3 is 48.5 Å². The monoisotopic (exact) mass is 464 g/mol. The van der Waals surface area contributed by atoms with Crippen LogP contribution in [0.2, 0.25) is 0 Å². The molecule has 1 aromatic heterocycles. The van der Waals surface area contributed by atoms with E-state index in [1.165, 1.54) is 39.5 Å². The molecule has 178 valence electrons. The number of methoxy groups -OCH3 is 3. The molecule has 0 saturated carbocycles. The van der Waals surface area contributed by atoms with Crippen molar-refractivity contribution in [2.75, 3.05) is 27.9 Å². The SMILES string of the molecule is COc1cc(OC2OC(CO)C(O)C(O)C2O)c2c(=O)c3ccc(OC)c(OC)c3oc2c1. The largest absolute Gasteiger partial charge is 0.496 e. The first-order valence-electron chi connectivity index (χ1n) is 10.0. The van der Waals surface area contributed by atoms with E-state index in [0.29, 0.717) is 5.75 Å². The van der Waals surface area contributed by atoms with E-state index >= 15 is 0 Å². The first kappa shape index (κ1) is 23.1. The second-order valence-electron chi connectivity index (χ2n) is 7.42. The summed E-state index contributed by atoms with van der Waals surface area (Å²) in [6.07, 6.45) is -7.55. The summed E-state index contributed by atoms with van der Waals surface area (Å²) in [6, 6.07) is 5.96. The fourth-order valence-electron chi connectivity index (χ4n) is 3.79. The molecular weight excluding hydrogens is 440 g/mol. The Morgan fingerprint density at radius 3 is 2.33 bits per heavy atom. The van der Waals surface area contributed by atoms with E-state index in [0.717, 1.165) is 0 Å². The van der Waals surface area contributed by atoms with Crippen LogP contribution in [0, 0.1) is 0 Å². The number of aliphatic hydroxyl groups is 4. The molecule has 0 aliphatic carbocycles. The van der Waals surface area contributed by atoms with Gasteiger partial charge in [0.15, 0.2) is 11.3 Å². The number of aliphatic hydroxyl groups excluding tert-OH is 4. The molecule has 1 saturated heterocycles. The van der Waals surface area contributed by atoms with Gasteiger partial charge in [-0.05, 0) is 12.1 Å². The third-order valence-corrected chi connectivity index (χ3v) is 5.55. The first-order valence-corrected chi connectivity index (χ1v) is 10.0. The Balaban J connectivity index is 1.90. The summed E-state index contributed by atoms with van der Waals surface area (Å²) in [5.41, 5.74) is -0.214. The van der Waals surface area contributed by atoms with Gasteiger partial charge in [0.25, 0.3) is 0 Å². The molecule has 2 heterocycles. The molecule has 4 N–H and O–H groups in total. The van der Waals surface area contributed by atoms with Crippen molar-refractivity contribution in [2.24, 2.45) is 0 Å². The van der Waals surface area contributed by atoms with Crippen molar-refractivity contribution in [3.8, 4) is 23.0 Å². The fourth-order valence-corrected chi connectivity index (χ4v) is 3.79. The molecule has 0 radical (unpaired) electrons. The van der Waals surface area contributed by atoms with Gasteiger partial charge >= 0.3 is 0 Å². The van der Waals surface area contributed by atoms with E-state index in [2.05, 4.69) is 0 Å². The van der Waals surface area contributed by atoms with E-state index in [-0.39, 0.29) is 39.2 Å². The van der Waals surface area contributed by atoms with Crippen LogP contribution >= 0.6 is 0 Å². The summed E-state index contributed by atoms with van der Waals surface area (Å²) in [6.45, 7) is -0.627. The molecular formula is C22H24O11. The number of rotatable bonds is 6. The quantitative estimate of drug-likeness (QED) is 0.368. The van der Waals surface area contributed by atoms with Crippen molar-refractivity contribution in [3.05, 3.63) is 34.5 Å². The Bertz CT molecular complexity index is 1220. The Morgan fingerprint density at radius 2 is 1.70 bits per heavy atom. The minimum absolute atomic E-state index is 0.0208. The summed E-state index contributed by atoms with van der Waals surface area (Å²) in [5, 5.41) is 40.0. The number of ether oxygens (including phenoxy) is 5. The molecule has 1 fully saturated rings. The van der Waals surface area contributed by atoms with Crippen molar-refractivity contribution in [2.45, 2.75) is 30.7 Å². The van der Waals surface area contributed by atoms with Gasteiger partial charge in [0.2, 0.25) is 17.5 Å². The van der Waals surface area contributed by atoms with E-state index < -0.39 is 42.7 Å². The second kappa shape index (κ2) is 9.04. The first-order chi connectivity index (χ1) is 15.8. The summed E-state index contributed by atoms with van der Waals surface area (Å²) < 4.78 is 33.1. The van der Waals surface area contributed by atoms with Gasteiger partial charge in [0.05, 0.1) is 33.3 Å². The van der Waals surface area contributed by atoms with Gasteiger partial charge in [-0.2, -0.15) is 0 Å². The lowest BCUT2D eigenvalue weighted by Gasteiger charge is -2.39. The van der Waals surface area contributed by atoms with Crippen LogP contribution in [0.5, 0.6) is 23.0 Å². The predicted octanol–water partition coefficient (Wildman–Crippen LogP) is 0.151. The molecule has 33 heavy (non-hydrogen) atoms. The van der Waals surface area contributed by atoms with Gasteiger partial charge in [-0.25, -0.2) is 0 Å². The Morgan fingerprint density at radius 1 is 0.939 bits per heavy atom. The predicted molar refractivity (Wildman–Crippen MR) is 114 cm³/mol. The van der Waals surface area contributed by atoms with Gasteiger partial charge in [-0.1, -0.05) is 0 Å². The molecule has 2 aromatic carbocycles. The lowest BCUT2D eigenvalue weighted by molar-refractivity contribution is -0.277. The number of benzene rings is 2. The number of hydrogen-bond donors (Lipinski definition) is 4.